The predicted octanol–water partition coefficient (Wildman–Crippen LogP) is 2.16. The van der Waals surface area contributed by atoms with Crippen LogP contribution in [0.2, 0.25) is 18.1 Å². The fraction of sp³-hybridized carbons (Fsp3) is 1.00. The molecule has 0 aliphatic carbocycles. The molecule has 0 aromatic carbocycles. The number of rotatable bonds is 3. The summed E-state index contributed by atoms with van der Waals surface area (Å²) in [6.45, 7) is 11.9. The van der Waals surface area contributed by atoms with E-state index in [2.05, 4.69) is 33.9 Å². The number of aliphatic hydroxyl groups is 1. The summed E-state index contributed by atoms with van der Waals surface area (Å²) in [5, 5.41) is 9.36. The average Bonchev–Trinajstić information content (AvgIpc) is 2.48. The Morgan fingerprint density at radius 3 is 2.47 bits per heavy atom. The van der Waals surface area contributed by atoms with Crippen LogP contribution in [0.4, 0.5) is 0 Å². The van der Waals surface area contributed by atoms with Crippen molar-refractivity contribution in [2.24, 2.45) is 0 Å². The van der Waals surface area contributed by atoms with Crippen molar-refractivity contribution in [3.63, 3.8) is 0 Å². The Morgan fingerprint density at radius 2 is 2.00 bits per heavy atom. The molecule has 90 valence electrons. The van der Waals surface area contributed by atoms with Crippen molar-refractivity contribution in [2.45, 2.75) is 57.5 Å². The normalized spacial score (nSPS) is 28.4. The molecule has 0 bridgehead atoms. The molecule has 1 N–H and O–H groups in total. The molecule has 4 heteroatoms. The molecule has 1 aliphatic rings. The summed E-state index contributed by atoms with van der Waals surface area (Å²) in [5.41, 5.74) is 0. The highest BCUT2D eigenvalue weighted by atomic mass is 28.4. The highest BCUT2D eigenvalue weighted by Crippen LogP contribution is 2.38. The van der Waals surface area contributed by atoms with Crippen molar-refractivity contribution in [1.82, 2.24) is 0 Å². The first-order valence-electron chi connectivity index (χ1n) is 5.68. The maximum absolute atomic E-state index is 9.15. The Balaban J connectivity index is 2.60. The van der Waals surface area contributed by atoms with Gasteiger partial charge >= 0.3 is 0 Å². The summed E-state index contributed by atoms with van der Waals surface area (Å²) in [5.74, 6) is 0. The van der Waals surface area contributed by atoms with Gasteiger partial charge in [-0.25, -0.2) is 0 Å². The molecule has 0 spiro atoms. The van der Waals surface area contributed by atoms with Gasteiger partial charge in [0, 0.05) is 6.61 Å². The van der Waals surface area contributed by atoms with E-state index in [0.717, 1.165) is 6.42 Å². The van der Waals surface area contributed by atoms with Gasteiger partial charge in [0.1, 0.15) is 6.10 Å². The third kappa shape index (κ3) is 3.03. The van der Waals surface area contributed by atoms with Crippen LogP contribution >= 0.6 is 0 Å². The minimum absolute atomic E-state index is 0.0687. The molecule has 3 nitrogen and oxygen atoms in total. The molecule has 2 atom stereocenters. The van der Waals surface area contributed by atoms with Crippen molar-refractivity contribution in [1.29, 1.82) is 0 Å². The monoisotopic (exact) mass is 232 g/mol. The van der Waals surface area contributed by atoms with E-state index in [4.69, 9.17) is 14.3 Å². The zero-order valence-electron chi connectivity index (χ0n) is 10.5. The molecule has 0 amide bonds. The zero-order valence-corrected chi connectivity index (χ0v) is 11.5. The Hall–Kier alpha value is 0.0969. The first-order valence-corrected chi connectivity index (χ1v) is 8.59. The minimum Gasteiger partial charge on any atom is -0.411 e. The molecule has 0 aromatic rings. The molecular formula is C11H24O3Si. The van der Waals surface area contributed by atoms with Crippen LogP contribution in [0.3, 0.4) is 0 Å². The van der Waals surface area contributed by atoms with Crippen LogP contribution < -0.4 is 0 Å². The SMILES string of the molecule is CC(C)(C)[Si](C)(C)OC1CCOC1CO. The van der Waals surface area contributed by atoms with Crippen LogP contribution in [0.5, 0.6) is 0 Å². The third-order valence-electron chi connectivity index (χ3n) is 3.58. The second-order valence-electron chi connectivity index (χ2n) is 5.80. The van der Waals surface area contributed by atoms with E-state index < -0.39 is 8.32 Å². The van der Waals surface area contributed by atoms with Gasteiger partial charge in [-0.3, -0.25) is 0 Å². The highest BCUT2D eigenvalue weighted by Gasteiger charge is 2.42. The van der Waals surface area contributed by atoms with Gasteiger partial charge in [-0.1, -0.05) is 20.8 Å². The van der Waals surface area contributed by atoms with Crippen LogP contribution in [0.1, 0.15) is 27.2 Å². The Labute approximate surface area is 93.9 Å². The molecule has 0 saturated carbocycles. The van der Waals surface area contributed by atoms with Gasteiger partial charge in [0.25, 0.3) is 0 Å². The van der Waals surface area contributed by atoms with Crippen LogP contribution in [-0.2, 0) is 9.16 Å². The molecule has 15 heavy (non-hydrogen) atoms. The van der Waals surface area contributed by atoms with E-state index in [9.17, 15) is 0 Å². The average molecular weight is 232 g/mol. The number of ether oxygens (including phenoxy) is 1. The van der Waals surface area contributed by atoms with Crippen molar-refractivity contribution in [2.75, 3.05) is 13.2 Å². The topological polar surface area (TPSA) is 38.7 Å². The van der Waals surface area contributed by atoms with E-state index >= 15 is 0 Å². The fourth-order valence-corrected chi connectivity index (χ4v) is 2.87. The fourth-order valence-electron chi connectivity index (χ4n) is 1.49. The molecule has 1 aliphatic heterocycles. The summed E-state index contributed by atoms with van der Waals surface area (Å²) < 4.78 is 11.6. The second kappa shape index (κ2) is 4.53. The standard InChI is InChI=1S/C11H24O3Si/c1-11(2,3)15(4,5)14-9-6-7-13-10(9)8-12/h9-10,12H,6-8H2,1-5H3. The molecule has 1 rings (SSSR count). The van der Waals surface area contributed by atoms with Crippen LogP contribution in [0.25, 0.3) is 0 Å². The Bertz CT molecular complexity index is 210. The van der Waals surface area contributed by atoms with Crippen molar-refractivity contribution >= 4 is 8.32 Å². The summed E-state index contributed by atoms with van der Waals surface area (Å²) in [4.78, 5) is 0. The summed E-state index contributed by atoms with van der Waals surface area (Å²) in [6.07, 6.45) is 0.896. The lowest BCUT2D eigenvalue weighted by molar-refractivity contribution is 0.00840. The van der Waals surface area contributed by atoms with Gasteiger partial charge in [0.05, 0.1) is 12.7 Å². The van der Waals surface area contributed by atoms with Gasteiger partial charge in [0.2, 0.25) is 0 Å². The number of hydrogen-bond donors (Lipinski definition) is 1. The van der Waals surface area contributed by atoms with Gasteiger partial charge in [-0.15, -0.1) is 0 Å². The van der Waals surface area contributed by atoms with Gasteiger partial charge < -0.3 is 14.3 Å². The van der Waals surface area contributed by atoms with Crippen molar-refractivity contribution in [3.8, 4) is 0 Å². The van der Waals surface area contributed by atoms with Crippen LogP contribution in [0.15, 0.2) is 0 Å². The smallest absolute Gasteiger partial charge is 0.192 e. The minimum atomic E-state index is -1.72. The lowest BCUT2D eigenvalue weighted by Crippen LogP contribution is -2.46. The zero-order chi connectivity index (χ0) is 11.7. The van der Waals surface area contributed by atoms with E-state index in [1.807, 2.05) is 0 Å². The van der Waals surface area contributed by atoms with Crippen LogP contribution in [0, 0.1) is 0 Å². The Morgan fingerprint density at radius 1 is 1.40 bits per heavy atom. The third-order valence-corrected chi connectivity index (χ3v) is 8.09. The summed E-state index contributed by atoms with van der Waals surface area (Å²) in [6, 6.07) is 0. The second-order valence-corrected chi connectivity index (χ2v) is 10.6. The van der Waals surface area contributed by atoms with Crippen molar-refractivity contribution < 1.29 is 14.3 Å². The van der Waals surface area contributed by atoms with E-state index in [1.165, 1.54) is 0 Å². The van der Waals surface area contributed by atoms with E-state index in [-0.39, 0.29) is 23.9 Å². The molecule has 1 heterocycles. The summed E-state index contributed by atoms with van der Waals surface area (Å²) in [7, 11) is -1.72. The molecule has 2 unspecified atom stereocenters. The quantitative estimate of drug-likeness (QED) is 0.758. The van der Waals surface area contributed by atoms with Gasteiger partial charge in [-0.05, 0) is 24.6 Å². The largest absolute Gasteiger partial charge is 0.411 e. The lowest BCUT2D eigenvalue weighted by Gasteiger charge is -2.39. The lowest BCUT2D eigenvalue weighted by atomic mass is 10.2. The maximum Gasteiger partial charge on any atom is 0.192 e. The molecule has 1 saturated heterocycles. The van der Waals surface area contributed by atoms with E-state index in [1.54, 1.807) is 0 Å². The number of hydrogen-bond acceptors (Lipinski definition) is 3. The maximum atomic E-state index is 9.15. The first kappa shape index (κ1) is 13.2. The van der Waals surface area contributed by atoms with Crippen LogP contribution in [-0.4, -0.2) is 38.8 Å². The van der Waals surface area contributed by atoms with Gasteiger partial charge in [-0.2, -0.15) is 0 Å². The number of aliphatic hydroxyl groups excluding tert-OH is 1. The molecule has 0 aromatic heterocycles. The van der Waals surface area contributed by atoms with E-state index in [0.29, 0.717) is 6.61 Å². The summed E-state index contributed by atoms with van der Waals surface area (Å²) >= 11 is 0. The van der Waals surface area contributed by atoms with Gasteiger partial charge in [0.15, 0.2) is 8.32 Å². The highest BCUT2D eigenvalue weighted by molar-refractivity contribution is 6.74. The molecule has 1 fully saturated rings. The first-order chi connectivity index (χ1) is 6.78. The van der Waals surface area contributed by atoms with Crippen molar-refractivity contribution in [3.05, 3.63) is 0 Å². The Kier molecular flexibility index (Phi) is 3.98. The molecule has 0 radical (unpaired) electrons. The predicted molar refractivity (Wildman–Crippen MR) is 63.5 cm³/mol. The molecular weight excluding hydrogens is 208 g/mol.